The maximum absolute atomic E-state index is 13.8. The summed E-state index contributed by atoms with van der Waals surface area (Å²) < 4.78 is 32.9. The molecule has 0 aliphatic heterocycles. The summed E-state index contributed by atoms with van der Waals surface area (Å²) in [5.74, 6) is -0.883. The molecule has 0 aromatic heterocycles. The van der Waals surface area contributed by atoms with E-state index in [1.807, 2.05) is 0 Å². The van der Waals surface area contributed by atoms with E-state index in [-0.39, 0.29) is 11.3 Å². The van der Waals surface area contributed by atoms with E-state index in [1.165, 1.54) is 44.9 Å². The van der Waals surface area contributed by atoms with E-state index in [2.05, 4.69) is 33.9 Å². The third-order valence-electron chi connectivity index (χ3n) is 4.85. The second-order valence-corrected chi connectivity index (χ2v) is 7.41. The molecule has 0 amide bonds. The monoisotopic (exact) mass is 370 g/mol. The Bertz CT molecular complexity index is 431. The molecule has 0 heterocycles. The molecule has 0 aromatic rings. The topological polar surface area (TPSA) is 9.23 Å². The van der Waals surface area contributed by atoms with Crippen molar-refractivity contribution in [3.8, 4) is 0 Å². The zero-order valence-corrected chi connectivity index (χ0v) is 17.5. The largest absolute Gasteiger partial charge is 0.491 e. The first-order valence-corrected chi connectivity index (χ1v) is 10.5. The summed E-state index contributed by atoms with van der Waals surface area (Å²) in [5.41, 5.74) is 0.139. The van der Waals surface area contributed by atoms with Crippen LogP contribution in [0.25, 0.3) is 0 Å². The number of unbranched alkanes of at least 4 members (excludes halogenated alkanes) is 2. The summed E-state index contributed by atoms with van der Waals surface area (Å²) >= 11 is 0. The van der Waals surface area contributed by atoms with Gasteiger partial charge < -0.3 is 4.74 Å². The predicted octanol–water partition coefficient (Wildman–Crippen LogP) is 8.44. The summed E-state index contributed by atoms with van der Waals surface area (Å²) in [7, 11) is 0. The average Bonchev–Trinajstić information content (AvgIpc) is 2.66. The van der Waals surface area contributed by atoms with Crippen LogP contribution in [0, 0.1) is 11.8 Å². The van der Waals surface area contributed by atoms with Crippen molar-refractivity contribution in [2.24, 2.45) is 11.8 Å². The number of halogens is 2. The molecule has 26 heavy (non-hydrogen) atoms. The Hall–Kier alpha value is -1.12. The lowest BCUT2D eigenvalue weighted by Gasteiger charge is -2.28. The lowest BCUT2D eigenvalue weighted by Crippen LogP contribution is -2.18. The van der Waals surface area contributed by atoms with Crippen molar-refractivity contribution in [1.29, 1.82) is 0 Å². The molecular formula is C23H40F2O. The molecule has 152 valence electrons. The van der Waals surface area contributed by atoms with E-state index in [0.29, 0.717) is 18.9 Å². The predicted molar refractivity (Wildman–Crippen MR) is 109 cm³/mol. The van der Waals surface area contributed by atoms with Gasteiger partial charge >= 0.3 is 0 Å². The maximum atomic E-state index is 13.8. The Morgan fingerprint density at radius 1 is 0.885 bits per heavy atom. The fourth-order valence-electron chi connectivity index (χ4n) is 3.08. The number of hydrogen-bond acceptors (Lipinski definition) is 1. The highest BCUT2D eigenvalue weighted by Crippen LogP contribution is 2.33. The number of hydrogen-bond donors (Lipinski definition) is 0. The maximum Gasteiger partial charge on any atom is 0.200 e. The van der Waals surface area contributed by atoms with Crippen molar-refractivity contribution >= 4 is 0 Å². The molecule has 1 fully saturated rings. The smallest absolute Gasteiger partial charge is 0.200 e. The summed E-state index contributed by atoms with van der Waals surface area (Å²) in [6.07, 6.45) is 11.5. The molecule has 0 spiro atoms. The zero-order valence-electron chi connectivity index (χ0n) is 17.5. The molecule has 0 atom stereocenters. The van der Waals surface area contributed by atoms with E-state index < -0.39 is 11.7 Å². The van der Waals surface area contributed by atoms with Crippen LogP contribution in [0.15, 0.2) is 36.1 Å². The van der Waals surface area contributed by atoms with Gasteiger partial charge in [-0.3, -0.25) is 0 Å². The number of ether oxygens (including phenoxy) is 1. The van der Waals surface area contributed by atoms with Gasteiger partial charge in [0.2, 0.25) is 0 Å². The van der Waals surface area contributed by atoms with Gasteiger partial charge in [0.05, 0.1) is 6.61 Å². The average molecular weight is 371 g/mol. The quantitative estimate of drug-likeness (QED) is 0.213. The van der Waals surface area contributed by atoms with Crippen LogP contribution >= 0.6 is 0 Å². The van der Waals surface area contributed by atoms with Crippen LogP contribution in [0.2, 0.25) is 0 Å². The molecule has 1 aliphatic carbocycles. The highest BCUT2D eigenvalue weighted by molar-refractivity contribution is 5.32. The molecule has 0 saturated heterocycles. The van der Waals surface area contributed by atoms with Gasteiger partial charge in [0.1, 0.15) is 0 Å². The van der Waals surface area contributed by atoms with E-state index in [9.17, 15) is 8.78 Å². The minimum Gasteiger partial charge on any atom is -0.491 e. The third kappa shape index (κ3) is 10.1. The molecule has 0 bridgehead atoms. The Balaban J connectivity index is 0.00000194. The van der Waals surface area contributed by atoms with E-state index in [4.69, 9.17) is 4.74 Å². The zero-order chi connectivity index (χ0) is 19.9. The van der Waals surface area contributed by atoms with Gasteiger partial charge in [0, 0.05) is 0 Å². The van der Waals surface area contributed by atoms with Crippen molar-refractivity contribution < 1.29 is 13.5 Å². The number of allylic oxidation sites excluding steroid dienone is 3. The minimum atomic E-state index is -1.01. The summed E-state index contributed by atoms with van der Waals surface area (Å²) in [6.45, 7) is 15.6. The molecule has 1 aliphatic rings. The molecule has 0 aromatic carbocycles. The summed E-state index contributed by atoms with van der Waals surface area (Å²) in [5, 5.41) is 0. The highest BCUT2D eigenvalue weighted by atomic mass is 19.2. The van der Waals surface area contributed by atoms with E-state index >= 15 is 0 Å². The first-order chi connectivity index (χ1) is 12.4. The second-order valence-electron chi connectivity index (χ2n) is 7.41. The lowest BCUT2D eigenvalue weighted by molar-refractivity contribution is 0.125. The molecule has 0 unspecified atom stereocenters. The van der Waals surface area contributed by atoms with E-state index in [1.54, 1.807) is 6.92 Å². The Morgan fingerprint density at radius 3 is 1.92 bits per heavy atom. The Morgan fingerprint density at radius 2 is 1.42 bits per heavy atom. The van der Waals surface area contributed by atoms with E-state index in [0.717, 1.165) is 18.8 Å². The normalized spacial score (nSPS) is 20.5. The van der Waals surface area contributed by atoms with Crippen molar-refractivity contribution in [3.05, 3.63) is 36.1 Å². The molecule has 1 saturated carbocycles. The summed E-state index contributed by atoms with van der Waals surface area (Å²) in [4.78, 5) is 0. The van der Waals surface area contributed by atoms with Crippen LogP contribution in [0.5, 0.6) is 0 Å². The molecule has 1 rings (SSSR count). The molecule has 0 radical (unpaired) electrons. The highest BCUT2D eigenvalue weighted by Gasteiger charge is 2.22. The minimum absolute atomic E-state index is 0.139. The molecule has 1 nitrogen and oxygen atoms in total. The fraction of sp³-hybridized carbons (Fsp3) is 0.739. The third-order valence-corrected chi connectivity index (χ3v) is 4.85. The molecule has 0 N–H and O–H groups in total. The van der Waals surface area contributed by atoms with Crippen LogP contribution in [-0.2, 0) is 4.74 Å². The van der Waals surface area contributed by atoms with Crippen molar-refractivity contribution in [1.82, 2.24) is 0 Å². The van der Waals surface area contributed by atoms with Crippen molar-refractivity contribution in [3.63, 3.8) is 0 Å². The molecule has 3 heteroatoms. The lowest BCUT2D eigenvalue weighted by atomic mass is 9.80. The Labute approximate surface area is 160 Å². The van der Waals surface area contributed by atoms with Crippen LogP contribution < -0.4 is 0 Å². The second kappa shape index (κ2) is 15.0. The first-order valence-electron chi connectivity index (χ1n) is 10.5. The van der Waals surface area contributed by atoms with Crippen LogP contribution in [0.3, 0.4) is 0 Å². The van der Waals surface area contributed by atoms with Gasteiger partial charge in [-0.1, -0.05) is 85.8 Å². The SMILES string of the molecule is C=C(CC)/C(F)=C(/F)C(=C)OCC1CCC(CCCCC)CC1.CCC. The first kappa shape index (κ1) is 24.9. The number of rotatable bonds is 10. The molecular weight excluding hydrogens is 330 g/mol. The fourth-order valence-corrected chi connectivity index (χ4v) is 3.08. The summed E-state index contributed by atoms with van der Waals surface area (Å²) in [6, 6.07) is 0. The van der Waals surface area contributed by atoms with Crippen molar-refractivity contribution in [2.45, 2.75) is 91.9 Å². The van der Waals surface area contributed by atoms with Crippen LogP contribution in [0.4, 0.5) is 8.78 Å². The van der Waals surface area contributed by atoms with Gasteiger partial charge in [0.15, 0.2) is 17.4 Å². The van der Waals surface area contributed by atoms with Crippen LogP contribution in [-0.4, -0.2) is 6.61 Å². The van der Waals surface area contributed by atoms with Crippen LogP contribution in [0.1, 0.15) is 91.9 Å². The van der Waals surface area contributed by atoms with Gasteiger partial charge in [-0.05, 0) is 36.7 Å². The van der Waals surface area contributed by atoms with Gasteiger partial charge in [0.25, 0.3) is 0 Å². The van der Waals surface area contributed by atoms with Crippen molar-refractivity contribution in [2.75, 3.05) is 6.61 Å². The van der Waals surface area contributed by atoms with Gasteiger partial charge in [-0.2, -0.15) is 4.39 Å². The van der Waals surface area contributed by atoms with Gasteiger partial charge in [-0.15, -0.1) is 0 Å². The Kier molecular flexibility index (Phi) is 14.3. The van der Waals surface area contributed by atoms with Gasteiger partial charge in [-0.25, -0.2) is 4.39 Å². The standard InChI is InChI=1S/C20H32F2O.C3H8/c1-5-7-8-9-17-10-12-18(13-11-17)14-23-16(4)20(22)19(21)15(3)6-2;1-3-2/h17-18H,3-14H2,1-2H3;3H2,1-2H3/b20-19-;.